The van der Waals surface area contributed by atoms with Gasteiger partial charge in [-0.3, -0.25) is 9.59 Å². The number of nitrogens with one attached hydrogen (secondary N) is 1. The number of para-hydroxylation sites is 1. The van der Waals surface area contributed by atoms with E-state index < -0.39 is 11.9 Å². The van der Waals surface area contributed by atoms with Crippen molar-refractivity contribution in [2.75, 3.05) is 14.2 Å². The van der Waals surface area contributed by atoms with Gasteiger partial charge in [0.05, 0.1) is 14.2 Å². The lowest BCUT2D eigenvalue weighted by atomic mass is 10.1. The van der Waals surface area contributed by atoms with Gasteiger partial charge in [-0.05, 0) is 12.5 Å². The van der Waals surface area contributed by atoms with Crippen molar-refractivity contribution in [3.63, 3.8) is 0 Å². The molecule has 0 aliphatic carbocycles. The molecule has 1 amide bonds. The van der Waals surface area contributed by atoms with Crippen LogP contribution < -0.4 is 10.1 Å². The molecule has 1 N–H and O–H groups in total. The van der Waals surface area contributed by atoms with Crippen molar-refractivity contribution in [1.82, 2.24) is 5.32 Å². The molecule has 0 bridgehead atoms. The molecule has 0 aliphatic heterocycles. The maximum atomic E-state index is 11.9. The zero-order valence-corrected chi connectivity index (χ0v) is 11.4. The third-order valence-electron chi connectivity index (χ3n) is 2.86. The lowest BCUT2D eigenvalue weighted by molar-refractivity contribution is -0.150. The highest BCUT2D eigenvalue weighted by Crippen LogP contribution is 2.17. The van der Waals surface area contributed by atoms with E-state index in [4.69, 9.17) is 4.74 Å². The maximum Gasteiger partial charge on any atom is 0.318 e. The number of hydrogen-bond acceptors (Lipinski definition) is 4. The molecule has 0 radical (unpaired) electrons. The van der Waals surface area contributed by atoms with Crippen LogP contribution in [0, 0.1) is 5.92 Å². The quantitative estimate of drug-likeness (QED) is 0.625. The summed E-state index contributed by atoms with van der Waals surface area (Å²) in [6.45, 7) is 2.08. The van der Waals surface area contributed by atoms with Crippen LogP contribution in [0.4, 0.5) is 0 Å². The Labute approximate surface area is 112 Å². The van der Waals surface area contributed by atoms with E-state index in [0.717, 1.165) is 5.56 Å². The highest BCUT2D eigenvalue weighted by molar-refractivity contribution is 5.97. The van der Waals surface area contributed by atoms with Crippen LogP contribution in [-0.4, -0.2) is 26.1 Å². The number of benzene rings is 1. The van der Waals surface area contributed by atoms with Crippen LogP contribution in [0.2, 0.25) is 0 Å². The fourth-order valence-corrected chi connectivity index (χ4v) is 1.76. The molecule has 104 valence electrons. The summed E-state index contributed by atoms with van der Waals surface area (Å²) < 4.78 is 9.79. The minimum absolute atomic E-state index is 0.316. The third-order valence-corrected chi connectivity index (χ3v) is 2.86. The van der Waals surface area contributed by atoms with Gasteiger partial charge in [0.25, 0.3) is 0 Å². The Kier molecular flexibility index (Phi) is 5.85. The Balaban J connectivity index is 2.65. The van der Waals surface area contributed by atoms with Crippen molar-refractivity contribution in [2.24, 2.45) is 5.92 Å². The van der Waals surface area contributed by atoms with Gasteiger partial charge < -0.3 is 14.8 Å². The number of rotatable bonds is 6. The van der Waals surface area contributed by atoms with Crippen LogP contribution in [-0.2, 0) is 20.9 Å². The van der Waals surface area contributed by atoms with Crippen LogP contribution in [0.1, 0.15) is 18.9 Å². The second kappa shape index (κ2) is 7.41. The first-order valence-corrected chi connectivity index (χ1v) is 6.11. The van der Waals surface area contributed by atoms with E-state index in [1.807, 2.05) is 24.3 Å². The minimum Gasteiger partial charge on any atom is -0.496 e. The van der Waals surface area contributed by atoms with Gasteiger partial charge in [-0.2, -0.15) is 0 Å². The van der Waals surface area contributed by atoms with Gasteiger partial charge in [-0.1, -0.05) is 25.1 Å². The fraction of sp³-hybridized carbons (Fsp3) is 0.429. The minimum atomic E-state index is -0.764. The van der Waals surface area contributed by atoms with Crippen LogP contribution >= 0.6 is 0 Å². The standard InChI is InChI=1S/C14H19NO4/c1-4-11(14(17)19-3)13(16)15-9-10-7-5-6-8-12(10)18-2/h5-8,11H,4,9H2,1-3H3,(H,15,16). The normalized spacial score (nSPS) is 11.5. The molecule has 1 rings (SSSR count). The molecule has 5 nitrogen and oxygen atoms in total. The smallest absolute Gasteiger partial charge is 0.318 e. The maximum absolute atomic E-state index is 11.9. The summed E-state index contributed by atoms with van der Waals surface area (Å²) in [6.07, 6.45) is 0.407. The first kappa shape index (κ1) is 15.0. The molecule has 1 atom stereocenters. The molecule has 1 aromatic carbocycles. The number of carbonyl (C=O) groups is 2. The molecule has 19 heavy (non-hydrogen) atoms. The Bertz CT molecular complexity index is 445. The Morgan fingerprint density at radius 1 is 1.26 bits per heavy atom. The number of amides is 1. The predicted octanol–water partition coefficient (Wildman–Crippen LogP) is 1.51. The lowest BCUT2D eigenvalue weighted by Gasteiger charge is -2.14. The molecular formula is C14H19NO4. The molecule has 1 unspecified atom stereocenters. The van der Waals surface area contributed by atoms with Crippen molar-refractivity contribution >= 4 is 11.9 Å². The monoisotopic (exact) mass is 265 g/mol. The fourth-order valence-electron chi connectivity index (χ4n) is 1.76. The SMILES string of the molecule is CCC(C(=O)NCc1ccccc1OC)C(=O)OC. The average molecular weight is 265 g/mol. The van der Waals surface area contributed by atoms with Gasteiger partial charge in [0.1, 0.15) is 11.7 Å². The van der Waals surface area contributed by atoms with E-state index >= 15 is 0 Å². The third kappa shape index (κ3) is 3.98. The Morgan fingerprint density at radius 3 is 2.53 bits per heavy atom. The summed E-state index contributed by atoms with van der Waals surface area (Å²) >= 11 is 0. The van der Waals surface area contributed by atoms with Gasteiger partial charge in [0, 0.05) is 12.1 Å². The Morgan fingerprint density at radius 2 is 1.95 bits per heavy atom. The summed E-state index contributed by atoms with van der Waals surface area (Å²) in [6, 6.07) is 7.40. The van der Waals surface area contributed by atoms with Crippen LogP contribution in [0.15, 0.2) is 24.3 Å². The highest BCUT2D eigenvalue weighted by atomic mass is 16.5. The molecule has 5 heteroatoms. The summed E-state index contributed by atoms with van der Waals surface area (Å²) in [4.78, 5) is 23.3. The lowest BCUT2D eigenvalue weighted by Crippen LogP contribution is -2.35. The topological polar surface area (TPSA) is 64.6 Å². The first-order valence-electron chi connectivity index (χ1n) is 6.11. The van der Waals surface area contributed by atoms with Crippen LogP contribution in [0.3, 0.4) is 0 Å². The molecule has 0 aromatic heterocycles. The zero-order chi connectivity index (χ0) is 14.3. The molecule has 0 fully saturated rings. The number of carbonyl (C=O) groups excluding carboxylic acids is 2. The van der Waals surface area contributed by atoms with Gasteiger partial charge in [0.2, 0.25) is 5.91 Å². The van der Waals surface area contributed by atoms with Crippen molar-refractivity contribution in [3.8, 4) is 5.75 Å². The van der Waals surface area contributed by atoms with E-state index in [0.29, 0.717) is 18.7 Å². The van der Waals surface area contributed by atoms with Crippen LogP contribution in [0.5, 0.6) is 5.75 Å². The van der Waals surface area contributed by atoms with Crippen molar-refractivity contribution in [3.05, 3.63) is 29.8 Å². The summed E-state index contributed by atoms with van der Waals surface area (Å²) in [5.74, 6) is -0.908. The van der Waals surface area contributed by atoms with Crippen molar-refractivity contribution < 1.29 is 19.1 Å². The highest BCUT2D eigenvalue weighted by Gasteiger charge is 2.25. The largest absolute Gasteiger partial charge is 0.496 e. The molecule has 0 aliphatic rings. The van der Waals surface area contributed by atoms with Gasteiger partial charge in [-0.15, -0.1) is 0 Å². The van der Waals surface area contributed by atoms with E-state index in [1.54, 1.807) is 14.0 Å². The number of esters is 1. The molecule has 0 saturated carbocycles. The zero-order valence-electron chi connectivity index (χ0n) is 11.4. The summed E-state index contributed by atoms with van der Waals surface area (Å²) in [5, 5.41) is 2.72. The molecule has 0 saturated heterocycles. The number of ether oxygens (including phenoxy) is 2. The first-order chi connectivity index (χ1) is 9.13. The number of methoxy groups -OCH3 is 2. The number of hydrogen-bond donors (Lipinski definition) is 1. The summed E-state index contributed by atoms with van der Waals surface area (Å²) in [5.41, 5.74) is 0.859. The van der Waals surface area contributed by atoms with E-state index in [9.17, 15) is 9.59 Å². The molecule has 0 heterocycles. The molecule has 1 aromatic rings. The van der Waals surface area contributed by atoms with Gasteiger partial charge in [0.15, 0.2) is 0 Å². The van der Waals surface area contributed by atoms with E-state index in [-0.39, 0.29) is 5.91 Å². The molecular weight excluding hydrogens is 246 g/mol. The summed E-state index contributed by atoms with van der Waals surface area (Å²) in [7, 11) is 2.85. The van der Waals surface area contributed by atoms with Crippen molar-refractivity contribution in [1.29, 1.82) is 0 Å². The van der Waals surface area contributed by atoms with E-state index in [1.165, 1.54) is 7.11 Å². The van der Waals surface area contributed by atoms with E-state index in [2.05, 4.69) is 10.1 Å². The van der Waals surface area contributed by atoms with Gasteiger partial charge in [-0.25, -0.2) is 0 Å². The second-order valence-corrected chi connectivity index (χ2v) is 4.01. The predicted molar refractivity (Wildman–Crippen MR) is 70.6 cm³/mol. The Hall–Kier alpha value is -2.04. The average Bonchev–Trinajstić information content (AvgIpc) is 2.45. The van der Waals surface area contributed by atoms with Crippen LogP contribution in [0.25, 0.3) is 0 Å². The van der Waals surface area contributed by atoms with Gasteiger partial charge >= 0.3 is 5.97 Å². The molecule has 0 spiro atoms. The second-order valence-electron chi connectivity index (χ2n) is 4.01. The van der Waals surface area contributed by atoms with Crippen molar-refractivity contribution in [2.45, 2.75) is 19.9 Å².